The van der Waals surface area contributed by atoms with Crippen LogP contribution in [0, 0.1) is 0 Å². The molecule has 0 atom stereocenters. The van der Waals surface area contributed by atoms with Gasteiger partial charge in [0, 0.05) is 30.4 Å². The summed E-state index contributed by atoms with van der Waals surface area (Å²) in [6.45, 7) is 0.741. The second-order valence-corrected chi connectivity index (χ2v) is 5.96. The molecule has 0 aliphatic heterocycles. The van der Waals surface area contributed by atoms with E-state index >= 15 is 0 Å². The van der Waals surface area contributed by atoms with E-state index in [9.17, 15) is 4.79 Å². The maximum absolute atomic E-state index is 11.1. The molecule has 0 aliphatic carbocycles. The van der Waals surface area contributed by atoms with Crippen LogP contribution in [0.15, 0.2) is 29.6 Å². The molecule has 21 heavy (non-hydrogen) atoms. The van der Waals surface area contributed by atoms with Crippen LogP contribution in [0.3, 0.4) is 0 Å². The molecule has 0 unspecified atom stereocenters. The molecule has 2 rings (SSSR count). The van der Waals surface area contributed by atoms with Crippen molar-refractivity contribution < 1.29 is 9.53 Å². The lowest BCUT2D eigenvalue weighted by Gasteiger charge is -2.15. The van der Waals surface area contributed by atoms with Gasteiger partial charge in [-0.2, -0.15) is 0 Å². The molecular weight excluding hydrogens is 308 g/mol. The number of aryl methyl sites for hydroxylation is 1. The monoisotopic (exact) mass is 324 g/mol. The second kappa shape index (κ2) is 7.43. The van der Waals surface area contributed by atoms with Crippen molar-refractivity contribution in [1.82, 2.24) is 4.98 Å². The third kappa shape index (κ3) is 4.72. The van der Waals surface area contributed by atoms with Crippen molar-refractivity contribution >= 4 is 34.0 Å². The molecule has 0 fully saturated rings. The molecule has 0 saturated heterocycles. The standard InChI is InChI=1S/C15H17ClN2O2S/c1-18(9-11-4-3-5-12(16)8-11)15-17-13(10-21-15)6-7-14(19)20-2/h3-5,8,10H,6-7,9H2,1-2H3. The normalized spacial score (nSPS) is 10.4. The van der Waals surface area contributed by atoms with Gasteiger partial charge in [-0.3, -0.25) is 4.79 Å². The number of aromatic nitrogens is 1. The topological polar surface area (TPSA) is 42.4 Å². The van der Waals surface area contributed by atoms with Gasteiger partial charge in [-0.15, -0.1) is 11.3 Å². The zero-order valence-corrected chi connectivity index (χ0v) is 13.6. The first-order valence-electron chi connectivity index (χ1n) is 6.55. The maximum Gasteiger partial charge on any atom is 0.305 e. The lowest BCUT2D eigenvalue weighted by molar-refractivity contribution is -0.140. The van der Waals surface area contributed by atoms with Gasteiger partial charge in [-0.25, -0.2) is 4.98 Å². The predicted molar refractivity (Wildman–Crippen MR) is 86.0 cm³/mol. The van der Waals surface area contributed by atoms with Crippen LogP contribution in [0.5, 0.6) is 0 Å². The van der Waals surface area contributed by atoms with E-state index in [0.717, 1.165) is 28.0 Å². The lowest BCUT2D eigenvalue weighted by atomic mass is 10.2. The minimum atomic E-state index is -0.211. The fourth-order valence-electron chi connectivity index (χ4n) is 1.90. The van der Waals surface area contributed by atoms with Crippen LogP contribution in [-0.4, -0.2) is 25.1 Å². The molecule has 1 aromatic carbocycles. The fraction of sp³-hybridized carbons (Fsp3) is 0.333. The van der Waals surface area contributed by atoms with Crippen LogP contribution in [0.25, 0.3) is 0 Å². The Morgan fingerprint density at radius 2 is 2.29 bits per heavy atom. The molecule has 2 aromatic rings. The van der Waals surface area contributed by atoms with Gasteiger partial charge in [0.15, 0.2) is 5.13 Å². The van der Waals surface area contributed by atoms with E-state index in [1.54, 1.807) is 11.3 Å². The summed E-state index contributed by atoms with van der Waals surface area (Å²) in [6.07, 6.45) is 0.964. The summed E-state index contributed by atoms with van der Waals surface area (Å²) in [4.78, 5) is 17.7. The average molecular weight is 325 g/mol. The Hall–Kier alpha value is -1.59. The number of carbonyl (C=O) groups is 1. The number of benzene rings is 1. The van der Waals surface area contributed by atoms with Crippen molar-refractivity contribution in [2.75, 3.05) is 19.1 Å². The highest BCUT2D eigenvalue weighted by atomic mass is 35.5. The third-order valence-electron chi connectivity index (χ3n) is 2.99. The minimum Gasteiger partial charge on any atom is -0.469 e. The number of hydrogen-bond acceptors (Lipinski definition) is 5. The quantitative estimate of drug-likeness (QED) is 0.762. The number of halogens is 1. The Morgan fingerprint density at radius 1 is 1.48 bits per heavy atom. The highest BCUT2D eigenvalue weighted by molar-refractivity contribution is 7.13. The van der Waals surface area contributed by atoms with Gasteiger partial charge in [-0.1, -0.05) is 23.7 Å². The molecule has 112 valence electrons. The van der Waals surface area contributed by atoms with Crippen molar-refractivity contribution in [1.29, 1.82) is 0 Å². The van der Waals surface area contributed by atoms with Crippen molar-refractivity contribution in [3.8, 4) is 0 Å². The number of ether oxygens (including phenoxy) is 1. The molecule has 0 amide bonds. The molecule has 0 radical (unpaired) electrons. The van der Waals surface area contributed by atoms with E-state index in [2.05, 4.69) is 14.6 Å². The summed E-state index contributed by atoms with van der Waals surface area (Å²) in [7, 11) is 3.39. The highest BCUT2D eigenvalue weighted by Gasteiger charge is 2.09. The van der Waals surface area contributed by atoms with Gasteiger partial charge >= 0.3 is 5.97 Å². The first-order valence-corrected chi connectivity index (χ1v) is 7.81. The largest absolute Gasteiger partial charge is 0.469 e. The number of esters is 1. The van der Waals surface area contributed by atoms with Crippen LogP contribution >= 0.6 is 22.9 Å². The zero-order valence-electron chi connectivity index (χ0n) is 12.0. The first-order chi connectivity index (χ1) is 10.1. The molecule has 0 saturated carbocycles. The summed E-state index contributed by atoms with van der Waals surface area (Å²) in [6, 6.07) is 7.78. The van der Waals surface area contributed by atoms with Crippen LogP contribution in [-0.2, 0) is 22.5 Å². The van der Waals surface area contributed by atoms with Crippen molar-refractivity contribution in [2.24, 2.45) is 0 Å². The van der Waals surface area contributed by atoms with E-state index in [1.165, 1.54) is 7.11 Å². The number of rotatable bonds is 6. The molecule has 0 N–H and O–H groups in total. The van der Waals surface area contributed by atoms with Crippen LogP contribution < -0.4 is 4.90 Å². The van der Waals surface area contributed by atoms with Crippen molar-refractivity contribution in [3.63, 3.8) is 0 Å². The second-order valence-electron chi connectivity index (χ2n) is 4.68. The first kappa shape index (κ1) is 15.8. The summed E-state index contributed by atoms with van der Waals surface area (Å²) < 4.78 is 4.63. The summed E-state index contributed by atoms with van der Waals surface area (Å²) in [5.74, 6) is -0.211. The van der Waals surface area contributed by atoms with Gasteiger partial charge in [0.25, 0.3) is 0 Å². The van der Waals surface area contributed by atoms with Crippen LogP contribution in [0.1, 0.15) is 17.7 Å². The molecule has 1 aromatic heterocycles. The number of carbonyl (C=O) groups excluding carboxylic acids is 1. The lowest BCUT2D eigenvalue weighted by Crippen LogP contribution is -2.16. The van der Waals surface area contributed by atoms with Gasteiger partial charge in [0.2, 0.25) is 0 Å². The SMILES string of the molecule is COC(=O)CCc1csc(N(C)Cc2cccc(Cl)c2)n1. The molecule has 0 spiro atoms. The van der Waals surface area contributed by atoms with Crippen molar-refractivity contribution in [3.05, 3.63) is 45.9 Å². The molecule has 1 heterocycles. The molecule has 0 aliphatic rings. The van der Waals surface area contributed by atoms with E-state index in [0.29, 0.717) is 12.8 Å². The molecular formula is C15H17ClN2O2S. The summed E-state index contributed by atoms with van der Waals surface area (Å²) in [5, 5.41) is 3.64. The number of thiazole rings is 1. The number of methoxy groups -OCH3 is 1. The molecule has 4 nitrogen and oxygen atoms in total. The maximum atomic E-state index is 11.1. The Bertz CT molecular complexity index is 615. The summed E-state index contributed by atoms with van der Waals surface area (Å²) in [5.41, 5.74) is 2.05. The van der Waals surface area contributed by atoms with Gasteiger partial charge in [0.1, 0.15) is 0 Å². The predicted octanol–water partition coefficient (Wildman–Crippen LogP) is 3.54. The Kier molecular flexibility index (Phi) is 5.59. The highest BCUT2D eigenvalue weighted by Crippen LogP contribution is 2.22. The van der Waals surface area contributed by atoms with Gasteiger partial charge in [0.05, 0.1) is 19.2 Å². The van der Waals surface area contributed by atoms with Crippen molar-refractivity contribution in [2.45, 2.75) is 19.4 Å². The average Bonchev–Trinajstić information content (AvgIpc) is 2.93. The molecule has 0 bridgehead atoms. The van der Waals surface area contributed by atoms with E-state index < -0.39 is 0 Å². The Labute approximate surface area is 133 Å². The molecule has 6 heteroatoms. The van der Waals surface area contributed by atoms with E-state index in [4.69, 9.17) is 11.6 Å². The van der Waals surface area contributed by atoms with Gasteiger partial charge in [-0.05, 0) is 17.7 Å². The fourth-order valence-corrected chi connectivity index (χ4v) is 2.93. The number of anilines is 1. The third-order valence-corrected chi connectivity index (χ3v) is 4.23. The number of nitrogens with zero attached hydrogens (tertiary/aromatic N) is 2. The van der Waals surface area contributed by atoms with Gasteiger partial charge < -0.3 is 9.64 Å². The summed E-state index contributed by atoms with van der Waals surface area (Å²) >= 11 is 7.56. The van der Waals surface area contributed by atoms with E-state index in [-0.39, 0.29) is 5.97 Å². The minimum absolute atomic E-state index is 0.211. The number of hydrogen-bond donors (Lipinski definition) is 0. The Morgan fingerprint density at radius 3 is 3.00 bits per heavy atom. The zero-order chi connectivity index (χ0) is 15.2. The smallest absolute Gasteiger partial charge is 0.305 e. The van der Waals surface area contributed by atoms with E-state index in [1.807, 2.05) is 36.7 Å². The van der Waals surface area contributed by atoms with Crippen LogP contribution in [0.4, 0.5) is 5.13 Å². The Balaban J connectivity index is 1.95. The van der Waals surface area contributed by atoms with Crippen LogP contribution in [0.2, 0.25) is 5.02 Å².